The molecule has 4 rings (SSSR count). The minimum Gasteiger partial charge on any atom is -0.493 e. The molecule has 3 amide bonds. The van der Waals surface area contributed by atoms with Crippen LogP contribution in [0.2, 0.25) is 0 Å². The van der Waals surface area contributed by atoms with E-state index in [1.807, 2.05) is 49.4 Å². The molecule has 0 saturated heterocycles. The summed E-state index contributed by atoms with van der Waals surface area (Å²) in [6.45, 7) is 1.99. The molecule has 0 heterocycles. The van der Waals surface area contributed by atoms with Crippen molar-refractivity contribution >= 4 is 46.9 Å². The molecule has 0 atom stereocenters. The number of amides is 3. The number of benzene rings is 4. The zero-order chi connectivity index (χ0) is 29.9. The zero-order valence-corrected chi connectivity index (χ0v) is 24.3. The van der Waals surface area contributed by atoms with Crippen molar-refractivity contribution in [3.8, 4) is 11.5 Å². The average Bonchev–Trinajstić information content (AvgIpc) is 3.01. The van der Waals surface area contributed by atoms with Crippen LogP contribution in [0.3, 0.4) is 0 Å². The average molecular weight is 582 g/mol. The number of ether oxygens (including phenoxy) is 2. The molecular formula is C33H31N3O5S. The van der Waals surface area contributed by atoms with Gasteiger partial charge in [0.15, 0.2) is 11.5 Å². The van der Waals surface area contributed by atoms with E-state index in [1.54, 1.807) is 60.7 Å². The van der Waals surface area contributed by atoms with Crippen molar-refractivity contribution in [1.82, 2.24) is 5.32 Å². The molecule has 42 heavy (non-hydrogen) atoms. The first-order valence-corrected chi connectivity index (χ1v) is 14.0. The predicted octanol–water partition coefficient (Wildman–Crippen LogP) is 6.15. The predicted molar refractivity (Wildman–Crippen MR) is 167 cm³/mol. The molecule has 214 valence electrons. The Kier molecular flexibility index (Phi) is 10.4. The number of aryl methyl sites for hydroxylation is 1. The van der Waals surface area contributed by atoms with Gasteiger partial charge in [0.2, 0.25) is 5.91 Å². The first-order chi connectivity index (χ1) is 20.3. The van der Waals surface area contributed by atoms with E-state index < -0.39 is 11.8 Å². The van der Waals surface area contributed by atoms with Crippen LogP contribution in [0.25, 0.3) is 6.08 Å². The molecule has 4 aromatic rings. The van der Waals surface area contributed by atoms with Gasteiger partial charge in [0, 0.05) is 21.8 Å². The number of rotatable bonds is 11. The van der Waals surface area contributed by atoms with Crippen molar-refractivity contribution in [2.24, 2.45) is 0 Å². The lowest BCUT2D eigenvalue weighted by atomic mass is 10.1. The lowest BCUT2D eigenvalue weighted by molar-refractivity contribution is -0.114. The van der Waals surface area contributed by atoms with Crippen molar-refractivity contribution in [3.63, 3.8) is 0 Å². The lowest BCUT2D eigenvalue weighted by Gasteiger charge is -2.13. The summed E-state index contributed by atoms with van der Waals surface area (Å²) in [4.78, 5) is 39.5. The Labute approximate surface area is 249 Å². The first-order valence-electron chi connectivity index (χ1n) is 13.1. The molecule has 0 aliphatic carbocycles. The molecule has 0 aromatic heterocycles. The molecule has 0 aliphatic rings. The second-order valence-electron chi connectivity index (χ2n) is 9.17. The summed E-state index contributed by atoms with van der Waals surface area (Å²) in [5.41, 5.74) is 3.48. The van der Waals surface area contributed by atoms with Gasteiger partial charge in [-0.3, -0.25) is 14.4 Å². The van der Waals surface area contributed by atoms with Crippen LogP contribution in [0, 0.1) is 6.92 Å². The number of methoxy groups -OCH3 is 2. The van der Waals surface area contributed by atoms with E-state index in [-0.39, 0.29) is 17.4 Å². The maximum absolute atomic E-state index is 13.3. The van der Waals surface area contributed by atoms with E-state index in [0.717, 1.165) is 16.1 Å². The molecule has 0 bridgehead atoms. The fourth-order valence-corrected chi connectivity index (χ4v) is 4.57. The van der Waals surface area contributed by atoms with E-state index in [9.17, 15) is 14.4 Å². The van der Waals surface area contributed by atoms with Crippen LogP contribution in [0.4, 0.5) is 11.4 Å². The van der Waals surface area contributed by atoms with Crippen LogP contribution in [0.1, 0.15) is 21.5 Å². The maximum Gasteiger partial charge on any atom is 0.272 e. The number of carbonyl (C=O) groups is 3. The molecule has 8 nitrogen and oxygen atoms in total. The summed E-state index contributed by atoms with van der Waals surface area (Å²) in [7, 11) is 3.06. The van der Waals surface area contributed by atoms with Crippen LogP contribution in [-0.2, 0) is 9.59 Å². The largest absolute Gasteiger partial charge is 0.493 e. The van der Waals surface area contributed by atoms with Gasteiger partial charge < -0.3 is 25.4 Å². The van der Waals surface area contributed by atoms with Crippen molar-refractivity contribution in [2.75, 3.05) is 30.6 Å². The molecule has 0 spiro atoms. The third-order valence-electron chi connectivity index (χ3n) is 6.06. The fraction of sp³-hybridized carbons (Fsp3) is 0.121. The minimum atomic E-state index is -0.507. The zero-order valence-electron chi connectivity index (χ0n) is 23.5. The van der Waals surface area contributed by atoms with Gasteiger partial charge in [0.05, 0.1) is 20.0 Å². The van der Waals surface area contributed by atoms with E-state index in [4.69, 9.17) is 9.47 Å². The van der Waals surface area contributed by atoms with Gasteiger partial charge in [0.1, 0.15) is 5.70 Å². The van der Waals surface area contributed by atoms with Gasteiger partial charge >= 0.3 is 0 Å². The maximum atomic E-state index is 13.3. The second kappa shape index (κ2) is 14.6. The normalized spacial score (nSPS) is 10.9. The van der Waals surface area contributed by atoms with Crippen molar-refractivity contribution in [2.45, 2.75) is 11.8 Å². The Balaban J connectivity index is 1.44. The summed E-state index contributed by atoms with van der Waals surface area (Å²) in [5, 5.41) is 8.44. The Bertz CT molecular complexity index is 1570. The highest BCUT2D eigenvalue weighted by atomic mass is 32.2. The SMILES string of the molecule is COc1ccc(/C=C(\NC(=O)c2ccccc2)C(=O)Nc2ccc(SCC(=O)Nc3ccc(C)cc3)cc2)cc1OC. The summed E-state index contributed by atoms with van der Waals surface area (Å²) < 4.78 is 10.7. The topological polar surface area (TPSA) is 106 Å². The van der Waals surface area contributed by atoms with E-state index in [2.05, 4.69) is 16.0 Å². The smallest absolute Gasteiger partial charge is 0.272 e. The molecule has 0 saturated carbocycles. The van der Waals surface area contributed by atoms with Crippen molar-refractivity contribution in [1.29, 1.82) is 0 Å². The molecule has 4 aromatic carbocycles. The highest BCUT2D eigenvalue weighted by molar-refractivity contribution is 8.00. The summed E-state index contributed by atoms with van der Waals surface area (Å²) in [6, 6.07) is 28.6. The quantitative estimate of drug-likeness (QED) is 0.145. The van der Waals surface area contributed by atoms with Gasteiger partial charge in [-0.15, -0.1) is 11.8 Å². The van der Waals surface area contributed by atoms with Crippen LogP contribution in [-0.4, -0.2) is 37.7 Å². The van der Waals surface area contributed by atoms with Gasteiger partial charge in [-0.2, -0.15) is 0 Å². The molecule has 0 fully saturated rings. The molecule has 9 heteroatoms. The van der Waals surface area contributed by atoms with Crippen molar-refractivity contribution in [3.05, 3.63) is 119 Å². The Morgan fingerprint density at radius 1 is 0.762 bits per heavy atom. The van der Waals surface area contributed by atoms with Crippen LogP contribution in [0.5, 0.6) is 11.5 Å². The molecular weight excluding hydrogens is 550 g/mol. The van der Waals surface area contributed by atoms with E-state index in [0.29, 0.717) is 28.3 Å². The van der Waals surface area contributed by atoms with Crippen LogP contribution >= 0.6 is 11.8 Å². The Hall–Kier alpha value is -5.02. The van der Waals surface area contributed by atoms with Crippen LogP contribution in [0.15, 0.2) is 108 Å². The van der Waals surface area contributed by atoms with E-state index in [1.165, 1.54) is 26.0 Å². The number of anilines is 2. The van der Waals surface area contributed by atoms with Crippen LogP contribution < -0.4 is 25.4 Å². The number of carbonyl (C=O) groups excluding carboxylic acids is 3. The Morgan fingerprint density at radius 3 is 2.07 bits per heavy atom. The summed E-state index contributed by atoms with van der Waals surface area (Å²) >= 11 is 1.38. The number of thioether (sulfide) groups is 1. The van der Waals surface area contributed by atoms with Gasteiger partial charge in [-0.05, 0) is 79.2 Å². The van der Waals surface area contributed by atoms with Crippen molar-refractivity contribution < 1.29 is 23.9 Å². The first kappa shape index (κ1) is 30.0. The Morgan fingerprint density at radius 2 is 1.40 bits per heavy atom. The summed E-state index contributed by atoms with van der Waals surface area (Å²) in [6.07, 6.45) is 1.56. The van der Waals surface area contributed by atoms with E-state index >= 15 is 0 Å². The fourth-order valence-electron chi connectivity index (χ4n) is 3.87. The number of hydrogen-bond donors (Lipinski definition) is 3. The monoisotopic (exact) mass is 581 g/mol. The molecule has 0 unspecified atom stereocenters. The standard InChI is InChI=1S/C33H31N3O5S/c1-22-9-12-25(13-10-22)34-31(37)21-42-27-16-14-26(15-17-27)35-33(39)28(36-32(38)24-7-5-4-6-8-24)19-23-11-18-29(40-2)30(20-23)41-3/h4-20H,21H2,1-3H3,(H,34,37)(H,35,39)(H,36,38)/b28-19-. The van der Waals surface area contributed by atoms with Gasteiger partial charge in [0.25, 0.3) is 11.8 Å². The molecule has 0 aliphatic heterocycles. The van der Waals surface area contributed by atoms with Gasteiger partial charge in [-0.1, -0.05) is 42.0 Å². The van der Waals surface area contributed by atoms with Gasteiger partial charge in [-0.25, -0.2) is 0 Å². The third-order valence-corrected chi connectivity index (χ3v) is 7.08. The number of hydrogen-bond acceptors (Lipinski definition) is 6. The highest BCUT2D eigenvalue weighted by Gasteiger charge is 2.16. The lowest BCUT2D eigenvalue weighted by Crippen LogP contribution is -2.30. The number of nitrogens with one attached hydrogen (secondary N) is 3. The third kappa shape index (κ3) is 8.49. The molecule has 3 N–H and O–H groups in total. The highest BCUT2D eigenvalue weighted by Crippen LogP contribution is 2.28. The summed E-state index contributed by atoms with van der Waals surface area (Å²) in [5.74, 6) is 0.226. The second-order valence-corrected chi connectivity index (χ2v) is 10.2. The molecule has 0 radical (unpaired) electrons. The minimum absolute atomic E-state index is 0.0438.